The topological polar surface area (TPSA) is 26.0 Å². The Morgan fingerprint density at radius 3 is 2.10 bits per heavy atom. The molecule has 0 aromatic heterocycles. The Kier molecular flexibility index (Phi) is 2.04. The Bertz CT molecular complexity index is 106. The maximum Gasteiger partial charge on any atom is 0.00441 e. The lowest BCUT2D eigenvalue weighted by Gasteiger charge is -2.36. The summed E-state index contributed by atoms with van der Waals surface area (Å²) in [7, 11) is 0. The second-order valence-corrected chi connectivity index (χ2v) is 4.86. The Hall–Kier alpha value is -0.0400. The van der Waals surface area contributed by atoms with Crippen LogP contribution >= 0.6 is 0 Å². The minimum absolute atomic E-state index is 0.505. The van der Waals surface area contributed by atoms with Crippen molar-refractivity contribution in [2.45, 2.75) is 46.1 Å². The molecule has 0 amide bonds. The lowest BCUT2D eigenvalue weighted by atomic mass is 9.72. The zero-order chi connectivity index (χ0) is 7.78. The van der Waals surface area contributed by atoms with E-state index < -0.39 is 0 Å². The summed E-state index contributed by atoms with van der Waals surface area (Å²) in [6.45, 7) is 6.91. The van der Waals surface area contributed by atoms with E-state index in [2.05, 4.69) is 20.8 Å². The molecule has 60 valence electrons. The standard InChI is InChI=1S/C9H19N/c1-9(2,3)6-7-4-8(10)5-7/h7-8H,4-6,10H2,1-3H3/t7-,8+. The molecule has 1 heteroatoms. The molecule has 10 heavy (non-hydrogen) atoms. The van der Waals surface area contributed by atoms with Crippen LogP contribution in [-0.4, -0.2) is 6.04 Å². The highest BCUT2D eigenvalue weighted by molar-refractivity contribution is 4.84. The van der Waals surface area contributed by atoms with Gasteiger partial charge in [-0.25, -0.2) is 0 Å². The van der Waals surface area contributed by atoms with Crippen molar-refractivity contribution < 1.29 is 0 Å². The normalized spacial score (nSPS) is 33.6. The average molecular weight is 141 g/mol. The molecular weight excluding hydrogens is 122 g/mol. The van der Waals surface area contributed by atoms with Gasteiger partial charge in [-0.05, 0) is 30.6 Å². The van der Waals surface area contributed by atoms with E-state index in [0.717, 1.165) is 5.92 Å². The van der Waals surface area contributed by atoms with Crippen molar-refractivity contribution in [3.05, 3.63) is 0 Å². The highest BCUT2D eigenvalue weighted by Crippen LogP contribution is 2.36. The van der Waals surface area contributed by atoms with Gasteiger partial charge in [-0.3, -0.25) is 0 Å². The number of nitrogens with two attached hydrogens (primary N) is 1. The summed E-state index contributed by atoms with van der Waals surface area (Å²) >= 11 is 0. The number of hydrogen-bond acceptors (Lipinski definition) is 1. The number of hydrogen-bond donors (Lipinski definition) is 1. The van der Waals surface area contributed by atoms with Crippen molar-refractivity contribution in [2.24, 2.45) is 17.1 Å². The first-order chi connectivity index (χ1) is 4.47. The van der Waals surface area contributed by atoms with Gasteiger partial charge >= 0.3 is 0 Å². The second kappa shape index (κ2) is 2.54. The molecule has 0 bridgehead atoms. The number of rotatable bonds is 1. The largest absolute Gasteiger partial charge is 0.328 e. The van der Waals surface area contributed by atoms with Crippen LogP contribution in [0.1, 0.15) is 40.0 Å². The van der Waals surface area contributed by atoms with Crippen molar-refractivity contribution in [1.82, 2.24) is 0 Å². The molecule has 0 aliphatic heterocycles. The van der Waals surface area contributed by atoms with E-state index in [4.69, 9.17) is 5.73 Å². The monoisotopic (exact) mass is 141 g/mol. The minimum Gasteiger partial charge on any atom is -0.328 e. The Morgan fingerprint density at radius 1 is 1.30 bits per heavy atom. The van der Waals surface area contributed by atoms with E-state index in [1.165, 1.54) is 19.3 Å². The van der Waals surface area contributed by atoms with Gasteiger partial charge < -0.3 is 5.73 Å². The van der Waals surface area contributed by atoms with Gasteiger partial charge in [-0.2, -0.15) is 0 Å². The van der Waals surface area contributed by atoms with Crippen molar-refractivity contribution in [1.29, 1.82) is 0 Å². The van der Waals surface area contributed by atoms with Crippen LogP contribution in [0, 0.1) is 11.3 Å². The van der Waals surface area contributed by atoms with E-state index in [1.807, 2.05) is 0 Å². The first-order valence-electron chi connectivity index (χ1n) is 4.23. The Morgan fingerprint density at radius 2 is 1.80 bits per heavy atom. The van der Waals surface area contributed by atoms with Crippen LogP contribution in [0.3, 0.4) is 0 Å². The smallest absolute Gasteiger partial charge is 0.00441 e. The average Bonchev–Trinajstić information content (AvgIpc) is 1.57. The molecule has 1 aliphatic rings. The summed E-state index contributed by atoms with van der Waals surface area (Å²) in [6.07, 6.45) is 3.87. The lowest BCUT2D eigenvalue weighted by Crippen LogP contribution is -2.37. The maximum atomic E-state index is 5.69. The summed E-state index contributed by atoms with van der Waals surface area (Å²) in [5.41, 5.74) is 6.19. The molecule has 0 saturated heterocycles. The van der Waals surface area contributed by atoms with E-state index in [9.17, 15) is 0 Å². The predicted octanol–water partition coefficient (Wildman–Crippen LogP) is 2.16. The van der Waals surface area contributed by atoms with E-state index in [-0.39, 0.29) is 0 Å². The Balaban J connectivity index is 2.16. The van der Waals surface area contributed by atoms with Crippen molar-refractivity contribution >= 4 is 0 Å². The van der Waals surface area contributed by atoms with Gasteiger partial charge in [-0.15, -0.1) is 0 Å². The first kappa shape index (κ1) is 8.06. The predicted molar refractivity (Wildman–Crippen MR) is 44.8 cm³/mol. The van der Waals surface area contributed by atoms with E-state index in [1.54, 1.807) is 0 Å². The molecule has 1 fully saturated rings. The van der Waals surface area contributed by atoms with Gasteiger partial charge in [-0.1, -0.05) is 20.8 Å². The van der Waals surface area contributed by atoms with Gasteiger partial charge in [0.15, 0.2) is 0 Å². The van der Waals surface area contributed by atoms with Crippen LogP contribution in [-0.2, 0) is 0 Å². The third kappa shape index (κ3) is 2.30. The summed E-state index contributed by atoms with van der Waals surface area (Å²) < 4.78 is 0. The first-order valence-corrected chi connectivity index (χ1v) is 4.23. The van der Waals surface area contributed by atoms with Crippen LogP contribution in [0.4, 0.5) is 0 Å². The highest BCUT2D eigenvalue weighted by Gasteiger charge is 2.29. The second-order valence-electron chi connectivity index (χ2n) is 4.86. The van der Waals surface area contributed by atoms with Crippen LogP contribution in [0.2, 0.25) is 0 Å². The molecule has 1 saturated carbocycles. The molecule has 1 nitrogen and oxygen atoms in total. The van der Waals surface area contributed by atoms with Crippen LogP contribution in [0.5, 0.6) is 0 Å². The molecule has 2 N–H and O–H groups in total. The molecule has 1 aliphatic carbocycles. The van der Waals surface area contributed by atoms with Gasteiger partial charge in [0.2, 0.25) is 0 Å². The highest BCUT2D eigenvalue weighted by atomic mass is 14.7. The molecule has 1 rings (SSSR count). The fourth-order valence-electron chi connectivity index (χ4n) is 1.82. The molecule has 0 aromatic carbocycles. The fraction of sp³-hybridized carbons (Fsp3) is 1.00. The molecule has 0 heterocycles. The molecule has 0 aromatic rings. The van der Waals surface area contributed by atoms with Crippen LogP contribution in [0.15, 0.2) is 0 Å². The molecular formula is C9H19N. The van der Waals surface area contributed by atoms with Crippen LogP contribution in [0.25, 0.3) is 0 Å². The van der Waals surface area contributed by atoms with Crippen molar-refractivity contribution in [3.8, 4) is 0 Å². The quantitative estimate of drug-likeness (QED) is 0.595. The zero-order valence-corrected chi connectivity index (χ0v) is 7.35. The van der Waals surface area contributed by atoms with Crippen molar-refractivity contribution in [3.63, 3.8) is 0 Å². The zero-order valence-electron chi connectivity index (χ0n) is 7.35. The lowest BCUT2D eigenvalue weighted by molar-refractivity contribution is 0.182. The van der Waals surface area contributed by atoms with Gasteiger partial charge in [0.05, 0.1) is 0 Å². The summed E-state index contributed by atoms with van der Waals surface area (Å²) in [4.78, 5) is 0. The molecule has 0 radical (unpaired) electrons. The summed E-state index contributed by atoms with van der Waals surface area (Å²) in [6, 6.07) is 0.521. The fourth-order valence-corrected chi connectivity index (χ4v) is 1.82. The summed E-state index contributed by atoms with van der Waals surface area (Å²) in [5.74, 6) is 0.926. The van der Waals surface area contributed by atoms with Gasteiger partial charge in [0.25, 0.3) is 0 Å². The third-order valence-electron chi connectivity index (χ3n) is 2.17. The maximum absolute atomic E-state index is 5.69. The molecule has 0 unspecified atom stereocenters. The van der Waals surface area contributed by atoms with Crippen molar-refractivity contribution in [2.75, 3.05) is 0 Å². The van der Waals surface area contributed by atoms with Crippen LogP contribution < -0.4 is 5.73 Å². The third-order valence-corrected chi connectivity index (χ3v) is 2.17. The Labute approximate surface area is 64.0 Å². The van der Waals surface area contributed by atoms with Gasteiger partial charge in [0.1, 0.15) is 0 Å². The van der Waals surface area contributed by atoms with E-state index in [0.29, 0.717) is 11.5 Å². The minimum atomic E-state index is 0.505. The summed E-state index contributed by atoms with van der Waals surface area (Å²) in [5, 5.41) is 0. The molecule has 0 atom stereocenters. The van der Waals surface area contributed by atoms with E-state index >= 15 is 0 Å². The molecule has 0 spiro atoms. The SMILES string of the molecule is CC(C)(C)C[C@H]1C[C@@H](N)C1. The van der Waals surface area contributed by atoms with Gasteiger partial charge in [0, 0.05) is 6.04 Å².